The van der Waals surface area contributed by atoms with Crippen molar-refractivity contribution >= 4 is 17.6 Å². The number of pyridine rings is 1. The van der Waals surface area contributed by atoms with Crippen LogP contribution in [0.3, 0.4) is 0 Å². The van der Waals surface area contributed by atoms with Crippen molar-refractivity contribution in [3.63, 3.8) is 0 Å². The predicted molar refractivity (Wildman–Crippen MR) is 128 cm³/mol. The molecule has 11 nitrogen and oxygen atoms in total. The molecule has 1 spiro atoms. The summed E-state index contributed by atoms with van der Waals surface area (Å²) in [6, 6.07) is 2.43. The third-order valence-corrected chi connectivity index (χ3v) is 6.91. The fraction of sp³-hybridized carbons (Fsp3) is 0.520. The van der Waals surface area contributed by atoms with Crippen LogP contribution in [-0.4, -0.2) is 89.6 Å². The van der Waals surface area contributed by atoms with Crippen LogP contribution in [0, 0.1) is 11.8 Å². The number of carbonyl (C=O) groups excluding carboxylic acids is 2. The Morgan fingerprint density at radius 1 is 1.28 bits per heavy atom. The molecule has 0 aromatic carbocycles. The van der Waals surface area contributed by atoms with E-state index in [-0.39, 0.29) is 24.9 Å². The molecule has 1 N–H and O–H groups in total. The van der Waals surface area contributed by atoms with Crippen molar-refractivity contribution in [2.75, 3.05) is 37.8 Å². The summed E-state index contributed by atoms with van der Waals surface area (Å²) in [5, 5.41) is 7.00. The maximum absolute atomic E-state index is 12.5. The second-order valence-electron chi connectivity index (χ2n) is 9.59. The highest BCUT2D eigenvalue weighted by Gasteiger charge is 2.50. The summed E-state index contributed by atoms with van der Waals surface area (Å²) in [7, 11) is 1.80. The Morgan fingerprint density at radius 3 is 2.74 bits per heavy atom. The van der Waals surface area contributed by atoms with Crippen molar-refractivity contribution in [1.29, 1.82) is 0 Å². The highest BCUT2D eigenvalue weighted by Crippen LogP contribution is 2.38. The molecule has 0 aliphatic carbocycles. The molecule has 3 fully saturated rings. The summed E-state index contributed by atoms with van der Waals surface area (Å²) in [6.07, 6.45) is -2.54. The minimum Gasteiger partial charge on any atom is -0.471 e. The summed E-state index contributed by atoms with van der Waals surface area (Å²) in [5.41, 5.74) is 1.42. The van der Waals surface area contributed by atoms with Crippen molar-refractivity contribution in [3.05, 3.63) is 35.8 Å². The average Bonchev–Trinajstić information content (AvgIpc) is 3.51. The number of anilines is 1. The summed E-state index contributed by atoms with van der Waals surface area (Å²) in [6.45, 7) is 4.09. The van der Waals surface area contributed by atoms with E-state index in [1.807, 2.05) is 13.0 Å². The first-order valence-electron chi connectivity index (χ1n) is 12.3. The van der Waals surface area contributed by atoms with Crippen LogP contribution in [0.15, 0.2) is 24.5 Å². The third-order valence-electron chi connectivity index (χ3n) is 6.91. The third kappa shape index (κ3) is 5.70. The van der Waals surface area contributed by atoms with Crippen molar-refractivity contribution in [1.82, 2.24) is 20.1 Å². The highest BCUT2D eigenvalue weighted by atomic mass is 19.4. The molecule has 0 amide bonds. The van der Waals surface area contributed by atoms with Crippen molar-refractivity contribution in [2.24, 2.45) is 7.05 Å². The fourth-order valence-electron chi connectivity index (χ4n) is 4.68. The van der Waals surface area contributed by atoms with E-state index in [2.05, 4.69) is 36.9 Å². The lowest BCUT2D eigenvalue weighted by molar-refractivity contribution is -0.228. The Balaban J connectivity index is 1.36. The first-order valence-corrected chi connectivity index (χ1v) is 12.3. The van der Waals surface area contributed by atoms with Crippen LogP contribution in [0.1, 0.15) is 24.6 Å². The minimum atomic E-state index is -5.26. The van der Waals surface area contributed by atoms with Crippen LogP contribution >= 0.6 is 0 Å². The monoisotopic (exact) mass is 549 g/mol. The van der Waals surface area contributed by atoms with E-state index in [0.717, 1.165) is 0 Å². The fourth-order valence-corrected chi connectivity index (χ4v) is 4.68. The lowest BCUT2D eigenvalue weighted by Gasteiger charge is -2.53. The number of aromatic nitrogens is 3. The number of halogens is 3. The summed E-state index contributed by atoms with van der Waals surface area (Å²) in [5.74, 6) is 2.47. The Labute approximate surface area is 221 Å². The molecule has 2 aromatic rings. The molecule has 3 aliphatic rings. The van der Waals surface area contributed by atoms with Gasteiger partial charge in [0, 0.05) is 44.5 Å². The molecule has 3 aliphatic heterocycles. The normalized spacial score (nSPS) is 24.0. The van der Waals surface area contributed by atoms with Gasteiger partial charge in [-0.2, -0.15) is 18.3 Å². The second-order valence-corrected chi connectivity index (χ2v) is 9.59. The van der Waals surface area contributed by atoms with E-state index in [0.29, 0.717) is 43.3 Å². The number of nitrogens with one attached hydrogen (secondary N) is 1. The Bertz CT molecular complexity index is 1320. The molecule has 208 valence electrons. The van der Waals surface area contributed by atoms with Crippen LogP contribution in [0.5, 0.6) is 5.88 Å². The Kier molecular flexibility index (Phi) is 7.23. The van der Waals surface area contributed by atoms with Crippen molar-refractivity contribution < 1.29 is 41.7 Å². The molecular formula is C25H26F3N5O6. The number of aryl methyl sites for hydroxylation is 1. The molecule has 3 atom stereocenters. The van der Waals surface area contributed by atoms with E-state index in [9.17, 15) is 22.8 Å². The SMILES string of the molecule is C[C@@H]1N(c2cc(C#Cc3ccn(C)n3)cnc2O[C@@H]2CN[C@H](C(=O)OC(=O)C(F)(F)F)C2)CCOC12COC2. The van der Waals surface area contributed by atoms with Gasteiger partial charge >= 0.3 is 18.1 Å². The van der Waals surface area contributed by atoms with Gasteiger partial charge in [-0.3, -0.25) is 4.68 Å². The van der Waals surface area contributed by atoms with E-state index < -0.39 is 35.9 Å². The number of nitrogens with zero attached hydrogens (tertiary/aromatic N) is 4. The molecule has 2 aromatic heterocycles. The largest absolute Gasteiger partial charge is 0.491 e. The Morgan fingerprint density at radius 2 is 2.08 bits per heavy atom. The molecule has 0 bridgehead atoms. The number of alkyl halides is 3. The van der Waals surface area contributed by atoms with Crippen LogP contribution in [0.4, 0.5) is 18.9 Å². The zero-order valence-corrected chi connectivity index (χ0v) is 21.2. The van der Waals surface area contributed by atoms with Gasteiger partial charge in [-0.05, 0) is 25.0 Å². The topological polar surface area (TPSA) is 117 Å². The number of carbonyl (C=O) groups is 2. The van der Waals surface area contributed by atoms with Gasteiger partial charge < -0.3 is 29.2 Å². The summed E-state index contributed by atoms with van der Waals surface area (Å²) in [4.78, 5) is 29.7. The number of rotatable bonds is 4. The molecule has 14 heteroatoms. The van der Waals surface area contributed by atoms with Gasteiger partial charge in [0.05, 0.1) is 25.9 Å². The number of ether oxygens (including phenoxy) is 4. The summed E-state index contributed by atoms with van der Waals surface area (Å²) >= 11 is 0. The van der Waals surface area contributed by atoms with E-state index in [1.54, 1.807) is 30.2 Å². The first-order chi connectivity index (χ1) is 18.5. The standard InChI is InChI=1S/C25H26F3N5O6/c1-15-24(13-36-14-24)37-8-7-33(15)20-9-16(3-4-17-5-6-32(2)31-17)11-30-21(20)38-18-10-19(29-12-18)22(34)39-23(35)25(26,27)28/h5-6,9,11,15,18-19,29H,7-8,10,12-14H2,1-2H3/t15-,18-,19-/m0/s1. The van der Waals surface area contributed by atoms with E-state index in [4.69, 9.17) is 14.2 Å². The van der Waals surface area contributed by atoms with Crippen LogP contribution in [0.2, 0.25) is 0 Å². The maximum atomic E-state index is 12.5. The van der Waals surface area contributed by atoms with Gasteiger partial charge in [-0.15, -0.1) is 0 Å². The minimum absolute atomic E-state index is 0.0111. The number of hydrogen-bond acceptors (Lipinski definition) is 10. The molecule has 0 radical (unpaired) electrons. The Hall–Kier alpha value is -3.67. The zero-order chi connectivity index (χ0) is 27.8. The smallest absolute Gasteiger partial charge is 0.471 e. The van der Waals surface area contributed by atoms with Crippen LogP contribution in [-0.2, 0) is 30.8 Å². The van der Waals surface area contributed by atoms with Gasteiger partial charge in [0.2, 0.25) is 5.88 Å². The molecule has 0 saturated carbocycles. The first kappa shape index (κ1) is 26.9. The zero-order valence-electron chi connectivity index (χ0n) is 21.2. The van der Waals surface area contributed by atoms with Gasteiger partial charge in [0.25, 0.3) is 0 Å². The van der Waals surface area contributed by atoms with Crippen LogP contribution in [0.25, 0.3) is 0 Å². The molecule has 0 unspecified atom stereocenters. The van der Waals surface area contributed by atoms with E-state index >= 15 is 0 Å². The molecule has 39 heavy (non-hydrogen) atoms. The average molecular weight is 550 g/mol. The number of esters is 2. The quantitative estimate of drug-likeness (QED) is 0.336. The van der Waals surface area contributed by atoms with Crippen LogP contribution < -0.4 is 15.0 Å². The lowest BCUT2D eigenvalue weighted by Crippen LogP contribution is -2.68. The maximum Gasteiger partial charge on any atom is 0.491 e. The lowest BCUT2D eigenvalue weighted by atomic mass is 9.90. The van der Waals surface area contributed by atoms with Crippen molar-refractivity contribution in [2.45, 2.75) is 43.3 Å². The molecule has 5 heterocycles. The predicted octanol–water partition coefficient (Wildman–Crippen LogP) is 0.950. The number of morpholine rings is 1. The van der Waals surface area contributed by atoms with E-state index in [1.165, 1.54) is 0 Å². The molecule has 5 rings (SSSR count). The highest BCUT2D eigenvalue weighted by molar-refractivity contribution is 5.91. The second kappa shape index (κ2) is 10.5. The molecular weight excluding hydrogens is 523 g/mol. The van der Waals surface area contributed by atoms with Gasteiger partial charge in [-0.1, -0.05) is 5.92 Å². The number of hydrogen-bond donors (Lipinski definition) is 1. The van der Waals surface area contributed by atoms with Gasteiger partial charge in [0.15, 0.2) is 0 Å². The van der Waals surface area contributed by atoms with Gasteiger partial charge in [0.1, 0.15) is 29.1 Å². The molecule has 3 saturated heterocycles. The van der Waals surface area contributed by atoms with Gasteiger partial charge in [-0.25, -0.2) is 14.6 Å². The summed E-state index contributed by atoms with van der Waals surface area (Å²) < 4.78 is 60.6. The van der Waals surface area contributed by atoms with Crippen molar-refractivity contribution in [3.8, 4) is 17.7 Å².